The molecule has 1 atom stereocenters. The van der Waals surface area contributed by atoms with Gasteiger partial charge in [0.1, 0.15) is 0 Å². The maximum atomic E-state index is 13.3. The Morgan fingerprint density at radius 2 is 2.00 bits per heavy atom. The van der Waals surface area contributed by atoms with Crippen molar-refractivity contribution in [2.24, 2.45) is 0 Å². The van der Waals surface area contributed by atoms with Crippen LogP contribution in [-0.4, -0.2) is 22.3 Å². The van der Waals surface area contributed by atoms with E-state index in [4.69, 9.17) is 0 Å². The van der Waals surface area contributed by atoms with Crippen LogP contribution in [0.25, 0.3) is 10.4 Å². The molecule has 3 heterocycles. The van der Waals surface area contributed by atoms with Crippen LogP contribution >= 0.6 is 11.3 Å². The zero-order valence-corrected chi connectivity index (χ0v) is 15.3. The molecule has 3 aromatic rings. The number of aromatic nitrogens is 1. The minimum absolute atomic E-state index is 0.155. The third kappa shape index (κ3) is 2.56. The molecule has 1 amide bonds. The third-order valence-electron chi connectivity index (χ3n) is 5.53. The molecular weight excluding hydrogens is 340 g/mol. The van der Waals surface area contributed by atoms with Gasteiger partial charge < -0.3 is 4.90 Å². The molecule has 1 fully saturated rings. The van der Waals surface area contributed by atoms with E-state index in [1.807, 2.05) is 17.2 Å². The molecule has 1 unspecified atom stereocenters. The van der Waals surface area contributed by atoms with Gasteiger partial charge in [0.2, 0.25) is 0 Å². The van der Waals surface area contributed by atoms with Crippen LogP contribution in [0.1, 0.15) is 45.2 Å². The molecule has 3 nitrogen and oxygen atoms in total. The zero-order valence-electron chi connectivity index (χ0n) is 14.5. The predicted octanol–water partition coefficient (Wildman–Crippen LogP) is 4.89. The Bertz CT molecular complexity index is 963. The molecule has 130 valence electrons. The fourth-order valence-electron chi connectivity index (χ4n) is 4.25. The van der Waals surface area contributed by atoms with Crippen molar-refractivity contribution in [1.82, 2.24) is 9.88 Å². The van der Waals surface area contributed by atoms with Gasteiger partial charge in [0.25, 0.3) is 5.91 Å². The highest BCUT2D eigenvalue weighted by Crippen LogP contribution is 2.41. The highest BCUT2D eigenvalue weighted by Gasteiger charge is 2.32. The Hall–Kier alpha value is -2.46. The lowest BCUT2D eigenvalue weighted by molar-refractivity contribution is 0.0740. The summed E-state index contributed by atoms with van der Waals surface area (Å²) < 4.78 is 0. The van der Waals surface area contributed by atoms with Crippen molar-refractivity contribution in [1.29, 1.82) is 0 Å². The Balaban J connectivity index is 1.48. The summed E-state index contributed by atoms with van der Waals surface area (Å²) in [5.41, 5.74) is 5.18. The average molecular weight is 360 g/mol. The number of rotatable bonds is 2. The number of nitrogens with zero attached hydrogens (tertiary/aromatic N) is 2. The van der Waals surface area contributed by atoms with Gasteiger partial charge in [-0.3, -0.25) is 9.78 Å². The molecule has 1 aromatic carbocycles. The first-order valence-corrected chi connectivity index (χ1v) is 10.0. The van der Waals surface area contributed by atoms with Gasteiger partial charge >= 0.3 is 0 Å². The van der Waals surface area contributed by atoms with Crippen molar-refractivity contribution >= 4 is 17.2 Å². The van der Waals surface area contributed by atoms with Gasteiger partial charge in [-0.2, -0.15) is 0 Å². The number of hydrogen-bond acceptors (Lipinski definition) is 3. The Morgan fingerprint density at radius 1 is 1.12 bits per heavy atom. The molecule has 0 spiro atoms. The quantitative estimate of drug-likeness (QED) is 0.652. The molecule has 1 aliphatic heterocycles. The lowest BCUT2D eigenvalue weighted by Crippen LogP contribution is -2.30. The van der Waals surface area contributed by atoms with Crippen molar-refractivity contribution < 1.29 is 4.79 Å². The summed E-state index contributed by atoms with van der Waals surface area (Å²) >= 11 is 1.66. The first kappa shape index (κ1) is 15.8. The van der Waals surface area contributed by atoms with E-state index in [0.29, 0.717) is 0 Å². The van der Waals surface area contributed by atoms with Crippen LogP contribution in [0.3, 0.4) is 0 Å². The Morgan fingerprint density at radius 3 is 2.88 bits per heavy atom. The molecular formula is C22H20N2OS. The summed E-state index contributed by atoms with van der Waals surface area (Å²) in [6.45, 7) is 0.831. The number of benzene rings is 1. The summed E-state index contributed by atoms with van der Waals surface area (Å²) in [5.74, 6) is 0.174. The van der Waals surface area contributed by atoms with Crippen molar-refractivity contribution in [3.8, 4) is 10.4 Å². The van der Waals surface area contributed by atoms with Crippen molar-refractivity contribution in [3.05, 3.63) is 76.4 Å². The van der Waals surface area contributed by atoms with Crippen LogP contribution < -0.4 is 0 Å². The van der Waals surface area contributed by atoms with Crippen LogP contribution in [0.2, 0.25) is 0 Å². The van der Waals surface area contributed by atoms with E-state index in [9.17, 15) is 4.79 Å². The number of fused-ring (bicyclic) bond motifs is 3. The Labute approximate surface area is 157 Å². The van der Waals surface area contributed by atoms with Gasteiger partial charge in [0, 0.05) is 23.8 Å². The summed E-state index contributed by atoms with van der Waals surface area (Å²) in [6.07, 6.45) is 7.85. The lowest BCUT2D eigenvalue weighted by atomic mass is 9.91. The summed E-state index contributed by atoms with van der Waals surface area (Å²) in [7, 11) is 0. The molecule has 2 aromatic heterocycles. The molecule has 0 bridgehead atoms. The van der Waals surface area contributed by atoms with Crippen LogP contribution in [0.4, 0.5) is 0 Å². The Kier molecular flexibility index (Phi) is 3.86. The molecule has 4 heteroatoms. The maximum absolute atomic E-state index is 13.3. The zero-order chi connectivity index (χ0) is 17.5. The molecule has 1 saturated heterocycles. The number of hydrogen-bond donors (Lipinski definition) is 0. The first-order chi connectivity index (χ1) is 12.8. The fourth-order valence-corrected chi connectivity index (χ4v) is 5.47. The molecule has 1 aliphatic carbocycles. The number of aryl methyl sites for hydroxylation is 2. The molecule has 26 heavy (non-hydrogen) atoms. The smallest absolute Gasteiger partial charge is 0.264 e. The van der Waals surface area contributed by atoms with Crippen molar-refractivity contribution in [3.63, 3.8) is 0 Å². The molecule has 0 radical (unpaired) electrons. The third-order valence-corrected chi connectivity index (χ3v) is 6.73. The monoisotopic (exact) mass is 360 g/mol. The number of thiophene rings is 1. The van der Waals surface area contributed by atoms with Gasteiger partial charge in [-0.05, 0) is 60.1 Å². The predicted molar refractivity (Wildman–Crippen MR) is 104 cm³/mol. The maximum Gasteiger partial charge on any atom is 0.264 e. The van der Waals surface area contributed by atoms with E-state index in [-0.39, 0.29) is 11.9 Å². The molecule has 2 aliphatic rings. The SMILES string of the molecule is O=C(c1cc2c(s1)-c1ccccc1CC2)N1CCCC1c1cccnc1. The number of likely N-dealkylation sites (tertiary alicyclic amines) is 1. The number of carbonyl (C=O) groups excluding carboxylic acids is 1. The van der Waals surface area contributed by atoms with E-state index in [0.717, 1.165) is 42.7 Å². The van der Waals surface area contributed by atoms with Crippen LogP contribution in [0.15, 0.2) is 54.9 Å². The standard InChI is InChI=1S/C22H20N2OS/c25-22(24-12-4-8-19(24)17-6-3-11-23-14-17)20-13-16-10-9-15-5-1-2-7-18(15)21(16)26-20/h1-3,5-7,11,13-14,19H,4,8-10,12H2. The topological polar surface area (TPSA) is 33.2 Å². The van der Waals surface area contributed by atoms with E-state index in [1.165, 1.54) is 21.6 Å². The minimum atomic E-state index is 0.155. The lowest BCUT2D eigenvalue weighted by Gasteiger charge is -2.24. The van der Waals surface area contributed by atoms with Gasteiger partial charge in [-0.1, -0.05) is 30.3 Å². The highest BCUT2D eigenvalue weighted by atomic mass is 32.1. The number of amides is 1. The fraction of sp³-hybridized carbons (Fsp3) is 0.273. The average Bonchev–Trinajstić information content (AvgIpc) is 3.35. The summed E-state index contributed by atoms with van der Waals surface area (Å²) in [5, 5.41) is 0. The number of carbonyl (C=O) groups is 1. The minimum Gasteiger partial charge on any atom is -0.331 e. The summed E-state index contributed by atoms with van der Waals surface area (Å²) in [6, 6.07) is 14.9. The van der Waals surface area contributed by atoms with Gasteiger partial charge in [-0.15, -0.1) is 11.3 Å². The van der Waals surface area contributed by atoms with Crippen LogP contribution in [0.5, 0.6) is 0 Å². The van der Waals surface area contributed by atoms with Crippen molar-refractivity contribution in [2.45, 2.75) is 31.7 Å². The van der Waals surface area contributed by atoms with E-state index in [2.05, 4.69) is 41.4 Å². The second kappa shape index (κ2) is 6.36. The molecule has 5 rings (SSSR count). The molecule has 0 saturated carbocycles. The van der Waals surface area contributed by atoms with Gasteiger partial charge in [0.05, 0.1) is 10.9 Å². The largest absolute Gasteiger partial charge is 0.331 e. The molecule has 0 N–H and O–H groups in total. The normalized spacial score (nSPS) is 18.5. The first-order valence-electron chi connectivity index (χ1n) is 9.23. The highest BCUT2D eigenvalue weighted by molar-refractivity contribution is 7.17. The van der Waals surface area contributed by atoms with E-state index < -0.39 is 0 Å². The van der Waals surface area contributed by atoms with Crippen molar-refractivity contribution in [2.75, 3.05) is 6.54 Å². The summed E-state index contributed by atoms with van der Waals surface area (Å²) in [4.78, 5) is 21.7. The van der Waals surface area contributed by atoms with E-state index in [1.54, 1.807) is 17.5 Å². The van der Waals surface area contributed by atoms with Gasteiger partial charge in [0.15, 0.2) is 0 Å². The van der Waals surface area contributed by atoms with Crippen LogP contribution in [-0.2, 0) is 12.8 Å². The number of pyridine rings is 1. The van der Waals surface area contributed by atoms with Gasteiger partial charge in [-0.25, -0.2) is 0 Å². The second-order valence-corrected chi connectivity index (χ2v) is 8.12. The van der Waals surface area contributed by atoms with E-state index >= 15 is 0 Å². The van der Waals surface area contributed by atoms with Crippen LogP contribution in [0, 0.1) is 0 Å². The second-order valence-electron chi connectivity index (χ2n) is 7.07.